The van der Waals surface area contributed by atoms with Crippen LogP contribution < -0.4 is 4.67 Å². The Balaban J connectivity index is 2.02. The molecular weight excluding hydrogens is 388 g/mol. The van der Waals surface area contributed by atoms with E-state index in [1.807, 2.05) is 54.2 Å². The largest absolute Gasteiger partial charge is 0.324 e. The fourth-order valence-corrected chi connectivity index (χ4v) is 6.27. The average molecular weight is 410 g/mol. The lowest BCUT2D eigenvalue weighted by Crippen LogP contribution is -2.44. The Labute approximate surface area is 166 Å². The molecule has 0 saturated heterocycles. The first-order valence-electron chi connectivity index (χ1n) is 8.52. The third kappa shape index (κ3) is 3.99. The minimum Gasteiger partial charge on any atom is -0.324 e. The van der Waals surface area contributed by atoms with Gasteiger partial charge in [0.05, 0.1) is 17.8 Å². The number of nitrogens with zero attached hydrogens (tertiary/aromatic N) is 3. The summed E-state index contributed by atoms with van der Waals surface area (Å²) in [6.45, 7) is 1.93. The second-order valence-electron chi connectivity index (χ2n) is 5.99. The van der Waals surface area contributed by atoms with Crippen LogP contribution in [-0.4, -0.2) is 47.1 Å². The number of alkyl halides is 2. The zero-order chi connectivity index (χ0) is 18.5. The first kappa shape index (κ1) is 19.4. The second-order valence-corrected chi connectivity index (χ2v) is 8.93. The molecule has 1 atom stereocenters. The number of hydrogen-bond donors (Lipinski definition) is 0. The van der Waals surface area contributed by atoms with Crippen molar-refractivity contribution in [3.63, 3.8) is 0 Å². The molecule has 2 aromatic rings. The fourth-order valence-electron chi connectivity index (χ4n) is 3.13. The van der Waals surface area contributed by atoms with Gasteiger partial charge in [0.25, 0.3) is 5.91 Å². The normalized spacial score (nSPS) is 16.9. The Morgan fingerprint density at radius 2 is 1.58 bits per heavy atom. The lowest BCUT2D eigenvalue weighted by atomic mass is 10.1. The third-order valence-corrected chi connectivity index (χ3v) is 7.07. The summed E-state index contributed by atoms with van der Waals surface area (Å²) in [5.74, 6) is 1.06. The number of carbonyl (C=O) groups excluding carboxylic acids is 1. The molecule has 4 nitrogen and oxygen atoms in total. The SMILES string of the molecule is CN1c2ccccc2C(=O)N(Cc2ccccc2)P1N(CCCl)CCCl. The Hall–Kier alpha value is -1.32. The van der Waals surface area contributed by atoms with Crippen molar-refractivity contribution in [3.05, 3.63) is 65.7 Å². The molecule has 1 aliphatic heterocycles. The van der Waals surface area contributed by atoms with Gasteiger partial charge in [0, 0.05) is 31.9 Å². The summed E-state index contributed by atoms with van der Waals surface area (Å²) in [7, 11) is 1.01. The van der Waals surface area contributed by atoms with Crippen molar-refractivity contribution in [2.24, 2.45) is 0 Å². The standard InChI is InChI=1S/C19H22Cl2N3OP/c1-22-18-10-6-5-9-17(18)19(25)24(15-16-7-3-2-4-8-16)26(22)23(13-11-20)14-12-21/h2-10H,11-15H2,1H3. The molecule has 0 saturated carbocycles. The highest BCUT2D eigenvalue weighted by Gasteiger charge is 2.39. The minimum atomic E-state index is -1.04. The molecule has 0 fully saturated rings. The van der Waals surface area contributed by atoms with Crippen LogP contribution in [0.3, 0.4) is 0 Å². The van der Waals surface area contributed by atoms with Crippen molar-refractivity contribution in [1.29, 1.82) is 0 Å². The van der Waals surface area contributed by atoms with E-state index in [1.54, 1.807) is 0 Å². The van der Waals surface area contributed by atoms with Crippen LogP contribution in [0.1, 0.15) is 15.9 Å². The van der Waals surface area contributed by atoms with E-state index in [1.165, 1.54) is 0 Å². The maximum Gasteiger partial charge on any atom is 0.261 e. The van der Waals surface area contributed by atoms with Crippen molar-refractivity contribution in [1.82, 2.24) is 9.34 Å². The molecule has 3 rings (SSSR count). The maximum atomic E-state index is 13.3. The number of fused-ring (bicyclic) bond motifs is 1. The van der Waals surface area contributed by atoms with E-state index >= 15 is 0 Å². The minimum absolute atomic E-state index is 0.0582. The quantitative estimate of drug-likeness (QED) is 0.485. The van der Waals surface area contributed by atoms with Crippen LogP contribution in [0.25, 0.3) is 0 Å². The Kier molecular flexibility index (Phi) is 6.77. The summed E-state index contributed by atoms with van der Waals surface area (Å²) in [5.41, 5.74) is 2.81. The first-order valence-corrected chi connectivity index (χ1v) is 10.8. The van der Waals surface area contributed by atoms with E-state index in [9.17, 15) is 4.79 Å². The number of benzene rings is 2. The predicted molar refractivity (Wildman–Crippen MR) is 111 cm³/mol. The van der Waals surface area contributed by atoms with Gasteiger partial charge >= 0.3 is 0 Å². The van der Waals surface area contributed by atoms with E-state index in [4.69, 9.17) is 23.2 Å². The van der Waals surface area contributed by atoms with Crippen LogP contribution in [0.2, 0.25) is 0 Å². The molecular formula is C19H22Cl2N3OP. The summed E-state index contributed by atoms with van der Waals surface area (Å²) < 4.78 is 6.40. The zero-order valence-electron chi connectivity index (χ0n) is 14.7. The molecule has 1 amide bonds. The molecule has 1 aliphatic rings. The van der Waals surface area contributed by atoms with E-state index < -0.39 is 8.37 Å². The van der Waals surface area contributed by atoms with E-state index in [-0.39, 0.29) is 5.91 Å². The number of rotatable bonds is 7. The molecule has 0 aliphatic carbocycles. The lowest BCUT2D eigenvalue weighted by Gasteiger charge is -2.47. The molecule has 0 radical (unpaired) electrons. The highest BCUT2D eigenvalue weighted by molar-refractivity contribution is 7.55. The van der Waals surface area contributed by atoms with Gasteiger partial charge in [-0.15, -0.1) is 23.2 Å². The zero-order valence-corrected chi connectivity index (χ0v) is 17.1. The van der Waals surface area contributed by atoms with Gasteiger partial charge in [-0.3, -0.25) is 9.46 Å². The smallest absolute Gasteiger partial charge is 0.261 e. The van der Waals surface area contributed by atoms with Crippen LogP contribution in [0.5, 0.6) is 0 Å². The first-order chi connectivity index (χ1) is 12.7. The summed E-state index contributed by atoms with van der Waals surface area (Å²) in [6.07, 6.45) is 0. The molecule has 0 spiro atoms. The van der Waals surface area contributed by atoms with Crippen molar-refractivity contribution >= 4 is 43.2 Å². The van der Waals surface area contributed by atoms with Crippen molar-refractivity contribution in [3.8, 4) is 0 Å². The number of halogens is 2. The third-order valence-electron chi connectivity index (χ3n) is 4.32. The number of hydrogen-bond acceptors (Lipinski definition) is 3. The molecule has 138 valence electrons. The van der Waals surface area contributed by atoms with Crippen LogP contribution in [-0.2, 0) is 6.54 Å². The van der Waals surface area contributed by atoms with E-state index in [0.717, 1.165) is 16.8 Å². The van der Waals surface area contributed by atoms with Gasteiger partial charge in [0.2, 0.25) is 0 Å². The van der Waals surface area contributed by atoms with Gasteiger partial charge in [-0.1, -0.05) is 42.5 Å². The van der Waals surface area contributed by atoms with Gasteiger partial charge in [-0.2, -0.15) is 0 Å². The highest BCUT2D eigenvalue weighted by atomic mass is 35.5. The van der Waals surface area contributed by atoms with Gasteiger partial charge in [0.1, 0.15) is 0 Å². The predicted octanol–water partition coefficient (Wildman–Crippen LogP) is 4.79. The molecule has 0 N–H and O–H groups in total. The molecule has 26 heavy (non-hydrogen) atoms. The molecule has 0 aromatic heterocycles. The molecule has 2 aromatic carbocycles. The Bertz CT molecular complexity index is 741. The monoisotopic (exact) mass is 409 g/mol. The summed E-state index contributed by atoms with van der Waals surface area (Å²) in [4.78, 5) is 13.3. The fraction of sp³-hybridized carbons (Fsp3) is 0.316. The summed E-state index contributed by atoms with van der Waals surface area (Å²) in [5, 5.41) is 0. The number of anilines is 1. The summed E-state index contributed by atoms with van der Waals surface area (Å²) in [6, 6.07) is 17.9. The summed E-state index contributed by atoms with van der Waals surface area (Å²) >= 11 is 12.1. The second kappa shape index (κ2) is 9.05. The number of carbonyl (C=O) groups is 1. The molecule has 1 unspecified atom stereocenters. The van der Waals surface area contributed by atoms with Crippen molar-refractivity contribution in [2.75, 3.05) is 36.6 Å². The Morgan fingerprint density at radius 3 is 2.23 bits per heavy atom. The maximum absolute atomic E-state index is 13.3. The number of para-hydroxylation sites is 1. The van der Waals surface area contributed by atoms with Crippen LogP contribution in [0, 0.1) is 0 Å². The molecule has 1 heterocycles. The molecule has 0 bridgehead atoms. The Morgan fingerprint density at radius 1 is 0.962 bits per heavy atom. The van der Waals surface area contributed by atoms with Crippen LogP contribution in [0.15, 0.2) is 54.6 Å². The van der Waals surface area contributed by atoms with Gasteiger partial charge < -0.3 is 4.67 Å². The van der Waals surface area contributed by atoms with Crippen molar-refractivity contribution < 1.29 is 4.79 Å². The van der Waals surface area contributed by atoms with Crippen LogP contribution in [0.4, 0.5) is 5.69 Å². The lowest BCUT2D eigenvalue weighted by molar-refractivity contribution is 0.0848. The number of amides is 1. The van der Waals surface area contributed by atoms with Gasteiger partial charge in [-0.25, -0.2) is 4.67 Å². The van der Waals surface area contributed by atoms with Crippen molar-refractivity contribution in [2.45, 2.75) is 6.54 Å². The van der Waals surface area contributed by atoms with E-state index in [0.29, 0.717) is 31.4 Å². The topological polar surface area (TPSA) is 26.8 Å². The van der Waals surface area contributed by atoms with Gasteiger partial charge in [-0.05, 0) is 17.7 Å². The average Bonchev–Trinajstić information content (AvgIpc) is 2.67. The van der Waals surface area contributed by atoms with E-state index in [2.05, 4.69) is 21.5 Å². The highest BCUT2D eigenvalue weighted by Crippen LogP contribution is 2.54. The van der Waals surface area contributed by atoms with Crippen LogP contribution >= 0.6 is 31.6 Å². The molecule has 7 heteroatoms. The van der Waals surface area contributed by atoms with Gasteiger partial charge in [0.15, 0.2) is 8.37 Å².